The minimum atomic E-state index is -4.80. The molecule has 2 aromatic rings. The van der Waals surface area contributed by atoms with E-state index in [0.717, 1.165) is 12.1 Å². The Morgan fingerprint density at radius 1 is 1.00 bits per heavy atom. The first-order valence-electron chi connectivity index (χ1n) is 5.55. The highest BCUT2D eigenvalue weighted by molar-refractivity contribution is 6.42. The molecule has 0 fully saturated rings. The van der Waals surface area contributed by atoms with Gasteiger partial charge in [-0.15, -0.1) is 13.2 Å². The molecule has 2 aromatic carbocycles. The number of alkyl halides is 3. The van der Waals surface area contributed by atoms with Gasteiger partial charge in [0, 0.05) is 5.56 Å². The van der Waals surface area contributed by atoms with Crippen LogP contribution in [0.25, 0.3) is 11.1 Å². The van der Waals surface area contributed by atoms with Crippen LogP contribution in [0.2, 0.25) is 10.0 Å². The summed E-state index contributed by atoms with van der Waals surface area (Å²) in [5.41, 5.74) is 0.939. The lowest BCUT2D eigenvalue weighted by molar-refractivity contribution is -0.274. The van der Waals surface area contributed by atoms with Crippen LogP contribution in [0, 0.1) is 11.3 Å². The molecule has 0 aromatic heterocycles. The average Bonchev–Trinajstić information content (AvgIpc) is 2.40. The number of hydrogen-bond acceptors (Lipinski definition) is 2. The molecular formula is C14H6Cl2F3NO. The minimum Gasteiger partial charge on any atom is -0.406 e. The van der Waals surface area contributed by atoms with E-state index in [0.29, 0.717) is 10.6 Å². The van der Waals surface area contributed by atoms with Gasteiger partial charge in [0.25, 0.3) is 0 Å². The lowest BCUT2D eigenvalue weighted by Gasteiger charge is -2.11. The molecule has 0 aliphatic rings. The van der Waals surface area contributed by atoms with Crippen LogP contribution < -0.4 is 4.74 Å². The molecule has 108 valence electrons. The summed E-state index contributed by atoms with van der Waals surface area (Å²) in [4.78, 5) is 0. The van der Waals surface area contributed by atoms with Crippen molar-refractivity contribution in [3.63, 3.8) is 0 Å². The van der Waals surface area contributed by atoms with Crippen LogP contribution in [0.3, 0.4) is 0 Å². The smallest absolute Gasteiger partial charge is 0.406 e. The van der Waals surface area contributed by atoms with Gasteiger partial charge in [0.05, 0.1) is 21.7 Å². The molecule has 0 radical (unpaired) electrons. The summed E-state index contributed by atoms with van der Waals surface area (Å²) in [6.07, 6.45) is -4.80. The molecule has 0 aliphatic carbocycles. The van der Waals surface area contributed by atoms with Gasteiger partial charge in [0.15, 0.2) is 0 Å². The Hall–Kier alpha value is -1.90. The quantitative estimate of drug-likeness (QED) is 0.734. The number of hydrogen-bond donors (Lipinski definition) is 0. The van der Waals surface area contributed by atoms with Crippen molar-refractivity contribution in [2.75, 3.05) is 0 Å². The summed E-state index contributed by atoms with van der Waals surface area (Å²) in [6.45, 7) is 0. The van der Waals surface area contributed by atoms with E-state index >= 15 is 0 Å². The molecule has 0 spiro atoms. The van der Waals surface area contributed by atoms with Crippen molar-refractivity contribution in [1.82, 2.24) is 0 Å². The first kappa shape index (κ1) is 15.5. The van der Waals surface area contributed by atoms with Crippen molar-refractivity contribution in [3.05, 3.63) is 52.0 Å². The van der Waals surface area contributed by atoms with E-state index in [-0.39, 0.29) is 16.1 Å². The Kier molecular flexibility index (Phi) is 4.31. The van der Waals surface area contributed by atoms with E-state index < -0.39 is 12.1 Å². The van der Waals surface area contributed by atoms with E-state index in [4.69, 9.17) is 28.5 Å². The third-order valence-electron chi connectivity index (χ3n) is 2.58. The highest BCUT2D eigenvalue weighted by atomic mass is 35.5. The summed E-state index contributed by atoms with van der Waals surface area (Å²) in [7, 11) is 0. The number of halogens is 5. The van der Waals surface area contributed by atoms with Crippen molar-refractivity contribution >= 4 is 23.2 Å². The highest BCUT2D eigenvalue weighted by Crippen LogP contribution is 2.33. The molecule has 0 heterocycles. The largest absolute Gasteiger partial charge is 0.573 e. The number of benzene rings is 2. The standard InChI is InChI=1S/C14H6Cl2F3NO/c15-12-4-2-8(5-13(12)16)11-6-10(21-14(17,18)19)3-1-9(11)7-20/h1-6H. The first-order chi connectivity index (χ1) is 9.80. The van der Waals surface area contributed by atoms with Crippen molar-refractivity contribution < 1.29 is 17.9 Å². The molecular weight excluding hydrogens is 326 g/mol. The molecule has 2 rings (SSSR count). The highest BCUT2D eigenvalue weighted by Gasteiger charge is 2.31. The van der Waals surface area contributed by atoms with Crippen LogP contribution in [0.5, 0.6) is 5.75 Å². The summed E-state index contributed by atoms with van der Waals surface area (Å²) in [5, 5.41) is 9.60. The molecule has 2 nitrogen and oxygen atoms in total. The van der Waals surface area contributed by atoms with E-state index in [1.54, 1.807) is 6.07 Å². The molecule has 0 amide bonds. The van der Waals surface area contributed by atoms with Crippen LogP contribution in [-0.4, -0.2) is 6.36 Å². The Morgan fingerprint density at radius 3 is 2.29 bits per heavy atom. The molecule has 0 atom stereocenters. The summed E-state index contributed by atoms with van der Waals surface area (Å²) in [5.74, 6) is -0.414. The lowest BCUT2D eigenvalue weighted by Crippen LogP contribution is -2.17. The van der Waals surface area contributed by atoms with E-state index in [1.165, 1.54) is 18.2 Å². The van der Waals surface area contributed by atoms with Crippen LogP contribution in [0.1, 0.15) is 5.56 Å². The van der Waals surface area contributed by atoms with Gasteiger partial charge in [-0.1, -0.05) is 29.3 Å². The topological polar surface area (TPSA) is 33.0 Å². The second-order valence-electron chi connectivity index (χ2n) is 4.00. The fourth-order valence-electron chi connectivity index (χ4n) is 1.72. The van der Waals surface area contributed by atoms with E-state index in [1.807, 2.05) is 6.07 Å². The summed E-state index contributed by atoms with van der Waals surface area (Å²) in [6, 6.07) is 9.89. The SMILES string of the molecule is N#Cc1ccc(OC(F)(F)F)cc1-c1ccc(Cl)c(Cl)c1. The Morgan fingerprint density at radius 2 is 1.71 bits per heavy atom. The lowest BCUT2D eigenvalue weighted by atomic mass is 10.00. The first-order valence-corrected chi connectivity index (χ1v) is 6.31. The molecule has 7 heteroatoms. The van der Waals surface area contributed by atoms with Crippen LogP contribution in [-0.2, 0) is 0 Å². The molecule has 0 bridgehead atoms. The molecule has 21 heavy (non-hydrogen) atoms. The average molecular weight is 332 g/mol. The molecule has 0 unspecified atom stereocenters. The third kappa shape index (κ3) is 3.81. The summed E-state index contributed by atoms with van der Waals surface area (Å²) < 4.78 is 40.6. The second-order valence-corrected chi connectivity index (χ2v) is 4.81. The van der Waals surface area contributed by atoms with Gasteiger partial charge in [0.1, 0.15) is 5.75 Å². The van der Waals surface area contributed by atoms with Gasteiger partial charge in [-0.2, -0.15) is 5.26 Å². The van der Waals surface area contributed by atoms with Gasteiger partial charge in [-0.05, 0) is 35.9 Å². The number of nitrogens with zero attached hydrogens (tertiary/aromatic N) is 1. The maximum atomic E-state index is 12.2. The predicted octanol–water partition coefficient (Wildman–Crippen LogP) is 5.43. The fraction of sp³-hybridized carbons (Fsp3) is 0.0714. The van der Waals surface area contributed by atoms with Crippen molar-refractivity contribution in [3.8, 4) is 22.9 Å². The zero-order valence-electron chi connectivity index (χ0n) is 10.2. The van der Waals surface area contributed by atoms with Crippen LogP contribution >= 0.6 is 23.2 Å². The minimum absolute atomic E-state index is 0.197. The fourth-order valence-corrected chi connectivity index (χ4v) is 2.02. The maximum Gasteiger partial charge on any atom is 0.573 e. The van der Waals surface area contributed by atoms with E-state index in [9.17, 15) is 13.2 Å². The van der Waals surface area contributed by atoms with Gasteiger partial charge in [-0.25, -0.2) is 0 Å². The Bertz CT molecular complexity index is 723. The van der Waals surface area contributed by atoms with Gasteiger partial charge < -0.3 is 4.74 Å². The van der Waals surface area contributed by atoms with Crippen molar-refractivity contribution in [2.45, 2.75) is 6.36 Å². The third-order valence-corrected chi connectivity index (χ3v) is 3.31. The second kappa shape index (κ2) is 5.84. The van der Waals surface area contributed by atoms with Gasteiger partial charge >= 0.3 is 6.36 Å². The van der Waals surface area contributed by atoms with Gasteiger partial charge in [0.2, 0.25) is 0 Å². The monoisotopic (exact) mass is 331 g/mol. The normalized spacial score (nSPS) is 11.0. The maximum absolute atomic E-state index is 12.2. The Balaban J connectivity index is 2.52. The molecule has 0 saturated carbocycles. The molecule has 0 saturated heterocycles. The van der Waals surface area contributed by atoms with Crippen LogP contribution in [0.4, 0.5) is 13.2 Å². The molecule has 0 N–H and O–H groups in total. The van der Waals surface area contributed by atoms with Crippen molar-refractivity contribution in [1.29, 1.82) is 5.26 Å². The predicted molar refractivity (Wildman–Crippen MR) is 73.3 cm³/mol. The number of ether oxygens (including phenoxy) is 1. The molecule has 0 aliphatic heterocycles. The zero-order valence-corrected chi connectivity index (χ0v) is 11.7. The number of nitriles is 1. The van der Waals surface area contributed by atoms with Crippen molar-refractivity contribution in [2.24, 2.45) is 0 Å². The van der Waals surface area contributed by atoms with E-state index in [2.05, 4.69) is 4.74 Å². The summed E-state index contributed by atoms with van der Waals surface area (Å²) >= 11 is 11.7. The van der Waals surface area contributed by atoms with Gasteiger partial charge in [-0.3, -0.25) is 0 Å². The zero-order chi connectivity index (χ0) is 15.6. The van der Waals surface area contributed by atoms with Crippen LogP contribution in [0.15, 0.2) is 36.4 Å². The number of rotatable bonds is 2. The Labute approximate surface area is 128 Å².